The lowest BCUT2D eigenvalue weighted by Gasteiger charge is -2.26. The highest BCUT2D eigenvalue weighted by Crippen LogP contribution is 2.18. The number of urea groups is 1. The molecule has 1 aliphatic heterocycles. The second kappa shape index (κ2) is 5.68. The van der Waals surface area contributed by atoms with Crippen LogP contribution in [0, 0.1) is 0 Å². The molecule has 1 unspecified atom stereocenters. The molecule has 0 aromatic carbocycles. The van der Waals surface area contributed by atoms with Crippen LogP contribution in [0.4, 0.5) is 10.7 Å². The molecule has 0 saturated carbocycles. The molecule has 8 heteroatoms. The Hall–Kier alpha value is -2.12. The number of carbonyl (C=O) groups is 2. The van der Waals surface area contributed by atoms with E-state index in [1.54, 1.807) is 7.05 Å². The third-order valence-electron chi connectivity index (χ3n) is 3.23. The van der Waals surface area contributed by atoms with E-state index in [4.69, 9.17) is 0 Å². The van der Waals surface area contributed by atoms with Crippen molar-refractivity contribution < 1.29 is 14.7 Å². The van der Waals surface area contributed by atoms with Crippen molar-refractivity contribution in [2.45, 2.75) is 31.7 Å². The normalized spacial score (nSPS) is 19.8. The van der Waals surface area contributed by atoms with Crippen LogP contribution in [0.1, 0.15) is 25.7 Å². The zero-order valence-electron chi connectivity index (χ0n) is 10.7. The second-order valence-electron chi connectivity index (χ2n) is 4.53. The van der Waals surface area contributed by atoms with Crippen molar-refractivity contribution in [1.29, 1.82) is 0 Å². The lowest BCUT2D eigenvalue weighted by molar-refractivity contribution is -0.142. The summed E-state index contributed by atoms with van der Waals surface area (Å²) in [5, 5.41) is 15.6. The van der Waals surface area contributed by atoms with Gasteiger partial charge in [-0.2, -0.15) is 10.1 Å². The standard InChI is InChI=1S/C11H17N5O3/c1-15-10(12-7-13-15)14-11(19)16-6-4-2-3-5-8(16)9(17)18/h7-8H,2-6H2,1H3,(H,17,18)(H,12,13,14,19). The quantitative estimate of drug-likeness (QED) is 0.820. The SMILES string of the molecule is Cn1ncnc1NC(=O)N1CCCCCC1C(=O)O. The van der Waals surface area contributed by atoms with Crippen LogP contribution >= 0.6 is 0 Å². The van der Waals surface area contributed by atoms with E-state index in [0.717, 1.165) is 19.3 Å². The van der Waals surface area contributed by atoms with Crippen molar-refractivity contribution in [2.75, 3.05) is 11.9 Å². The lowest BCUT2D eigenvalue weighted by atomic mass is 10.1. The van der Waals surface area contributed by atoms with Gasteiger partial charge < -0.3 is 10.0 Å². The number of anilines is 1. The van der Waals surface area contributed by atoms with Gasteiger partial charge in [0, 0.05) is 13.6 Å². The molecule has 2 heterocycles. The predicted octanol–water partition coefficient (Wildman–Crippen LogP) is 0.676. The molecule has 0 spiro atoms. The summed E-state index contributed by atoms with van der Waals surface area (Å²) in [7, 11) is 1.65. The van der Waals surface area contributed by atoms with E-state index < -0.39 is 18.0 Å². The summed E-state index contributed by atoms with van der Waals surface area (Å²) in [5.41, 5.74) is 0. The summed E-state index contributed by atoms with van der Waals surface area (Å²) in [4.78, 5) is 28.6. The van der Waals surface area contributed by atoms with Gasteiger partial charge >= 0.3 is 12.0 Å². The zero-order valence-corrected chi connectivity index (χ0v) is 10.7. The van der Waals surface area contributed by atoms with Gasteiger partial charge in [0.15, 0.2) is 0 Å². The molecular weight excluding hydrogens is 250 g/mol. The van der Waals surface area contributed by atoms with E-state index in [2.05, 4.69) is 15.4 Å². The molecule has 2 N–H and O–H groups in total. The van der Waals surface area contributed by atoms with Crippen LogP contribution in [0.3, 0.4) is 0 Å². The molecule has 0 bridgehead atoms. The summed E-state index contributed by atoms with van der Waals surface area (Å²) in [5.74, 6) is -0.659. The van der Waals surface area contributed by atoms with Gasteiger partial charge in [0.05, 0.1) is 0 Å². The van der Waals surface area contributed by atoms with Crippen molar-refractivity contribution in [3.63, 3.8) is 0 Å². The van der Waals surface area contributed by atoms with Crippen LogP contribution in [0.15, 0.2) is 6.33 Å². The molecule has 1 aromatic rings. The third-order valence-corrected chi connectivity index (χ3v) is 3.23. The first kappa shape index (κ1) is 13.3. The number of nitrogens with zero attached hydrogens (tertiary/aromatic N) is 4. The van der Waals surface area contributed by atoms with E-state index in [-0.39, 0.29) is 0 Å². The van der Waals surface area contributed by atoms with Crippen LogP contribution in [0.5, 0.6) is 0 Å². The highest BCUT2D eigenvalue weighted by Gasteiger charge is 2.31. The summed E-state index contributed by atoms with van der Waals surface area (Å²) >= 11 is 0. The molecule has 104 valence electrons. The first-order valence-corrected chi connectivity index (χ1v) is 6.24. The van der Waals surface area contributed by atoms with Crippen LogP contribution in [0.25, 0.3) is 0 Å². The van der Waals surface area contributed by atoms with E-state index >= 15 is 0 Å². The summed E-state index contributed by atoms with van der Waals surface area (Å²) in [6, 6.07) is -1.21. The number of amides is 2. The minimum Gasteiger partial charge on any atom is -0.480 e. The molecule has 19 heavy (non-hydrogen) atoms. The molecule has 1 fully saturated rings. The van der Waals surface area contributed by atoms with E-state index in [1.807, 2.05) is 0 Å². The van der Waals surface area contributed by atoms with Gasteiger partial charge in [-0.25, -0.2) is 14.3 Å². The predicted molar refractivity (Wildman–Crippen MR) is 66.6 cm³/mol. The number of aryl methyl sites for hydroxylation is 1. The Morgan fingerprint density at radius 3 is 2.84 bits per heavy atom. The van der Waals surface area contributed by atoms with Crippen LogP contribution in [0.2, 0.25) is 0 Å². The average molecular weight is 267 g/mol. The topological polar surface area (TPSA) is 100 Å². The Labute approximate surface area is 110 Å². The van der Waals surface area contributed by atoms with Crippen LogP contribution < -0.4 is 5.32 Å². The van der Waals surface area contributed by atoms with E-state index in [9.17, 15) is 14.7 Å². The van der Waals surface area contributed by atoms with Gasteiger partial charge in [-0.1, -0.05) is 12.8 Å². The van der Waals surface area contributed by atoms with E-state index in [1.165, 1.54) is 15.9 Å². The van der Waals surface area contributed by atoms with Gasteiger partial charge in [-0.3, -0.25) is 5.32 Å². The van der Waals surface area contributed by atoms with E-state index in [0.29, 0.717) is 18.9 Å². The van der Waals surface area contributed by atoms with Gasteiger partial charge in [0.1, 0.15) is 12.4 Å². The minimum absolute atomic E-state index is 0.304. The Balaban J connectivity index is 2.10. The fraction of sp³-hybridized carbons (Fsp3) is 0.636. The molecule has 8 nitrogen and oxygen atoms in total. The van der Waals surface area contributed by atoms with Gasteiger partial charge in [-0.15, -0.1) is 0 Å². The van der Waals surface area contributed by atoms with Crippen molar-refractivity contribution in [3.05, 3.63) is 6.33 Å². The molecule has 2 rings (SSSR count). The number of nitrogens with one attached hydrogen (secondary N) is 1. The number of rotatable bonds is 2. The lowest BCUT2D eigenvalue weighted by Crippen LogP contribution is -2.47. The zero-order chi connectivity index (χ0) is 13.8. The number of aliphatic carboxylic acids is 1. The Kier molecular flexibility index (Phi) is 3.98. The molecule has 1 aromatic heterocycles. The number of hydrogen-bond acceptors (Lipinski definition) is 4. The van der Waals surface area contributed by atoms with Gasteiger partial charge in [-0.05, 0) is 12.8 Å². The van der Waals surface area contributed by atoms with Crippen LogP contribution in [-0.4, -0.2) is 49.4 Å². The molecule has 0 radical (unpaired) electrons. The molecule has 1 saturated heterocycles. The van der Waals surface area contributed by atoms with Gasteiger partial charge in [0.2, 0.25) is 5.95 Å². The number of likely N-dealkylation sites (tertiary alicyclic amines) is 1. The van der Waals surface area contributed by atoms with Crippen molar-refractivity contribution in [1.82, 2.24) is 19.7 Å². The summed E-state index contributed by atoms with van der Waals surface area (Å²) < 4.78 is 1.42. The smallest absolute Gasteiger partial charge is 0.326 e. The molecule has 1 aliphatic rings. The maximum atomic E-state index is 12.2. The Bertz CT molecular complexity index is 473. The van der Waals surface area contributed by atoms with Gasteiger partial charge in [0.25, 0.3) is 0 Å². The maximum Gasteiger partial charge on any atom is 0.326 e. The van der Waals surface area contributed by atoms with Crippen molar-refractivity contribution in [2.24, 2.45) is 7.05 Å². The number of hydrogen-bond donors (Lipinski definition) is 2. The second-order valence-corrected chi connectivity index (χ2v) is 4.53. The molecular formula is C11H17N5O3. The number of carboxylic acid groups (broad SMARTS) is 1. The molecule has 1 atom stereocenters. The fourth-order valence-electron chi connectivity index (χ4n) is 2.18. The number of carboxylic acids is 1. The first-order valence-electron chi connectivity index (χ1n) is 6.24. The molecule has 0 aliphatic carbocycles. The largest absolute Gasteiger partial charge is 0.480 e. The highest BCUT2D eigenvalue weighted by molar-refractivity contribution is 5.91. The summed E-state index contributed by atoms with van der Waals surface area (Å²) in [6.07, 6.45) is 4.40. The third kappa shape index (κ3) is 3.01. The van der Waals surface area contributed by atoms with Crippen molar-refractivity contribution >= 4 is 17.9 Å². The first-order chi connectivity index (χ1) is 9.09. The minimum atomic E-state index is -0.963. The number of carbonyl (C=O) groups excluding carboxylic acids is 1. The van der Waals surface area contributed by atoms with Crippen LogP contribution in [-0.2, 0) is 11.8 Å². The Morgan fingerprint density at radius 2 is 2.21 bits per heavy atom. The maximum absolute atomic E-state index is 12.2. The number of aromatic nitrogens is 3. The highest BCUT2D eigenvalue weighted by atomic mass is 16.4. The average Bonchev–Trinajstić information content (AvgIpc) is 2.66. The fourth-order valence-corrected chi connectivity index (χ4v) is 2.18. The molecule has 2 amide bonds. The van der Waals surface area contributed by atoms with Crippen molar-refractivity contribution in [3.8, 4) is 0 Å². The summed E-state index contributed by atoms with van der Waals surface area (Å²) in [6.45, 7) is 0.445. The Morgan fingerprint density at radius 1 is 1.42 bits per heavy atom. The monoisotopic (exact) mass is 267 g/mol.